The van der Waals surface area contributed by atoms with Gasteiger partial charge in [0.05, 0.1) is 0 Å². The summed E-state index contributed by atoms with van der Waals surface area (Å²) in [7, 11) is 0. The van der Waals surface area contributed by atoms with Crippen LogP contribution in [-0.4, -0.2) is 39.8 Å². The Morgan fingerprint density at radius 1 is 1.22 bits per heavy atom. The molecule has 2 fully saturated rings. The Balaban J connectivity index is 1.28. The Morgan fingerprint density at radius 3 is 2.59 bits per heavy atom. The van der Waals surface area contributed by atoms with Crippen LogP contribution in [0.5, 0.6) is 11.6 Å². The number of pyridine rings is 1. The summed E-state index contributed by atoms with van der Waals surface area (Å²) in [4.78, 5) is 42.7. The molecule has 4 amide bonds. The molecule has 0 atom stereocenters. The molecular formula is C23H25FN4O4. The highest BCUT2D eigenvalue weighted by atomic mass is 19.1. The van der Waals surface area contributed by atoms with E-state index in [1.807, 2.05) is 0 Å². The lowest BCUT2D eigenvalue weighted by Crippen LogP contribution is -2.49. The van der Waals surface area contributed by atoms with E-state index in [-0.39, 0.29) is 24.8 Å². The average Bonchev–Trinajstić information content (AvgIpc) is 3.01. The average molecular weight is 440 g/mol. The van der Waals surface area contributed by atoms with E-state index < -0.39 is 17.5 Å². The van der Waals surface area contributed by atoms with Crippen LogP contribution in [0.2, 0.25) is 0 Å². The molecule has 0 bridgehead atoms. The quantitative estimate of drug-likeness (QED) is 0.672. The number of rotatable bonds is 6. The molecule has 1 saturated carbocycles. The molecule has 1 aromatic carbocycles. The van der Waals surface area contributed by atoms with Gasteiger partial charge in [0.15, 0.2) is 0 Å². The lowest BCUT2D eigenvalue weighted by atomic mass is 9.77. The van der Waals surface area contributed by atoms with Gasteiger partial charge in [0.2, 0.25) is 11.8 Å². The van der Waals surface area contributed by atoms with Gasteiger partial charge in [-0.1, -0.05) is 13.0 Å². The van der Waals surface area contributed by atoms with Gasteiger partial charge in [0, 0.05) is 18.8 Å². The first-order valence-electron chi connectivity index (χ1n) is 10.6. The smallest absolute Gasteiger partial charge is 0.325 e. The third-order valence-corrected chi connectivity index (χ3v) is 6.00. The molecule has 0 radical (unpaired) electrons. The van der Waals surface area contributed by atoms with Gasteiger partial charge in [0.1, 0.15) is 23.7 Å². The topological polar surface area (TPSA) is 101 Å². The third kappa shape index (κ3) is 4.71. The number of hydrogen-bond acceptors (Lipinski definition) is 5. The summed E-state index contributed by atoms with van der Waals surface area (Å²) in [6, 6.07) is 8.44. The maximum atomic E-state index is 13.0. The zero-order valence-corrected chi connectivity index (χ0v) is 17.8. The van der Waals surface area contributed by atoms with E-state index in [4.69, 9.17) is 4.74 Å². The van der Waals surface area contributed by atoms with Crippen LogP contribution in [-0.2, 0) is 16.1 Å². The van der Waals surface area contributed by atoms with Crippen LogP contribution in [0.25, 0.3) is 0 Å². The SMILES string of the molecule is CC1CCC2(CC1)NC(=O)N(CC(=O)NCc1ccc(Oc3ccc(F)cc3)nc1)C2=O. The van der Waals surface area contributed by atoms with Crippen LogP contribution in [0.1, 0.15) is 38.2 Å². The largest absolute Gasteiger partial charge is 0.439 e. The number of halogens is 1. The minimum atomic E-state index is -0.853. The van der Waals surface area contributed by atoms with Gasteiger partial charge in [0.25, 0.3) is 5.91 Å². The van der Waals surface area contributed by atoms with Gasteiger partial charge >= 0.3 is 6.03 Å². The van der Waals surface area contributed by atoms with Gasteiger partial charge in [-0.3, -0.25) is 14.5 Å². The molecule has 0 unspecified atom stereocenters. The highest BCUT2D eigenvalue weighted by Crippen LogP contribution is 2.36. The van der Waals surface area contributed by atoms with Crippen molar-refractivity contribution in [2.75, 3.05) is 6.54 Å². The fourth-order valence-corrected chi connectivity index (χ4v) is 4.01. The van der Waals surface area contributed by atoms with E-state index in [0.29, 0.717) is 30.4 Å². The number of hydrogen-bond donors (Lipinski definition) is 2. The number of nitrogens with zero attached hydrogens (tertiary/aromatic N) is 2. The summed E-state index contributed by atoms with van der Waals surface area (Å²) in [5, 5.41) is 5.52. The number of nitrogens with one attached hydrogen (secondary N) is 2. The van der Waals surface area contributed by atoms with Crippen molar-refractivity contribution >= 4 is 17.8 Å². The molecule has 4 rings (SSSR count). The van der Waals surface area contributed by atoms with Crippen molar-refractivity contribution in [2.24, 2.45) is 5.92 Å². The van der Waals surface area contributed by atoms with Gasteiger partial charge in [-0.25, -0.2) is 14.2 Å². The van der Waals surface area contributed by atoms with Crippen molar-refractivity contribution in [3.63, 3.8) is 0 Å². The van der Waals surface area contributed by atoms with Crippen LogP contribution >= 0.6 is 0 Å². The minimum absolute atomic E-state index is 0.189. The molecule has 1 aromatic heterocycles. The minimum Gasteiger partial charge on any atom is -0.439 e. The second kappa shape index (κ2) is 8.94. The van der Waals surface area contributed by atoms with Crippen molar-refractivity contribution < 1.29 is 23.5 Å². The predicted octanol–water partition coefficient (Wildman–Crippen LogP) is 3.13. The molecule has 168 valence electrons. The molecule has 2 aromatic rings. The molecule has 8 nitrogen and oxygen atoms in total. The first-order valence-corrected chi connectivity index (χ1v) is 10.6. The Labute approximate surface area is 185 Å². The normalized spacial score (nSPS) is 22.7. The van der Waals surface area contributed by atoms with E-state index >= 15 is 0 Å². The fraction of sp³-hybridized carbons (Fsp3) is 0.391. The number of imide groups is 1. The van der Waals surface area contributed by atoms with Crippen LogP contribution < -0.4 is 15.4 Å². The summed E-state index contributed by atoms with van der Waals surface area (Å²) < 4.78 is 18.5. The molecular weight excluding hydrogens is 415 g/mol. The van der Waals surface area contributed by atoms with Crippen LogP contribution in [0, 0.1) is 11.7 Å². The number of urea groups is 1. The van der Waals surface area contributed by atoms with Crippen molar-refractivity contribution in [1.29, 1.82) is 0 Å². The van der Waals surface area contributed by atoms with Gasteiger partial charge in [-0.15, -0.1) is 0 Å². The van der Waals surface area contributed by atoms with Crippen LogP contribution in [0.3, 0.4) is 0 Å². The molecule has 1 aliphatic carbocycles. The second-order valence-electron chi connectivity index (χ2n) is 8.42. The van der Waals surface area contributed by atoms with Crippen LogP contribution in [0.4, 0.5) is 9.18 Å². The number of ether oxygens (including phenoxy) is 1. The third-order valence-electron chi connectivity index (χ3n) is 6.00. The summed E-state index contributed by atoms with van der Waals surface area (Å²) in [6.45, 7) is 2.01. The van der Waals surface area contributed by atoms with E-state index in [1.54, 1.807) is 18.3 Å². The zero-order valence-electron chi connectivity index (χ0n) is 17.8. The molecule has 2 aliphatic rings. The van der Waals surface area contributed by atoms with Gasteiger partial charge < -0.3 is 15.4 Å². The molecule has 2 N–H and O–H groups in total. The summed E-state index contributed by atoms with van der Waals surface area (Å²) in [5.74, 6) is 0.225. The summed E-state index contributed by atoms with van der Waals surface area (Å²) in [5.41, 5.74) is -0.131. The van der Waals surface area contributed by atoms with Crippen molar-refractivity contribution in [3.8, 4) is 11.6 Å². The van der Waals surface area contributed by atoms with Crippen molar-refractivity contribution in [2.45, 2.75) is 44.7 Å². The molecule has 32 heavy (non-hydrogen) atoms. The maximum absolute atomic E-state index is 13.0. The standard InChI is InChI=1S/C23H25FN4O4/c1-15-8-10-23(11-9-15)21(30)28(22(31)27-23)14-19(29)25-12-16-2-7-20(26-13-16)32-18-5-3-17(24)4-6-18/h2-7,13,15H,8-12,14H2,1H3,(H,25,29)(H,27,31). The highest BCUT2D eigenvalue weighted by molar-refractivity contribution is 6.09. The lowest BCUT2D eigenvalue weighted by Gasteiger charge is -2.33. The monoisotopic (exact) mass is 440 g/mol. The molecule has 1 aliphatic heterocycles. The Hall–Kier alpha value is -3.49. The lowest BCUT2D eigenvalue weighted by molar-refractivity contribution is -0.136. The Bertz CT molecular complexity index is 1000. The van der Waals surface area contributed by atoms with Crippen molar-refractivity contribution in [3.05, 3.63) is 54.0 Å². The van der Waals surface area contributed by atoms with Crippen LogP contribution in [0.15, 0.2) is 42.6 Å². The van der Waals surface area contributed by atoms with E-state index in [2.05, 4.69) is 22.5 Å². The Morgan fingerprint density at radius 2 is 1.94 bits per heavy atom. The molecule has 9 heteroatoms. The summed E-state index contributed by atoms with van der Waals surface area (Å²) >= 11 is 0. The first-order chi connectivity index (χ1) is 15.3. The van der Waals surface area contributed by atoms with E-state index in [1.165, 1.54) is 24.3 Å². The summed E-state index contributed by atoms with van der Waals surface area (Å²) in [6.07, 6.45) is 4.51. The number of amides is 4. The maximum Gasteiger partial charge on any atom is 0.325 e. The predicted molar refractivity (Wildman–Crippen MR) is 113 cm³/mol. The molecule has 1 saturated heterocycles. The van der Waals surface area contributed by atoms with Gasteiger partial charge in [-0.2, -0.15) is 0 Å². The second-order valence-corrected chi connectivity index (χ2v) is 8.42. The number of aromatic nitrogens is 1. The van der Waals surface area contributed by atoms with E-state index in [0.717, 1.165) is 23.3 Å². The Kier molecular flexibility index (Phi) is 6.07. The molecule has 2 heterocycles. The first kappa shape index (κ1) is 21.7. The highest BCUT2D eigenvalue weighted by Gasteiger charge is 2.52. The van der Waals surface area contributed by atoms with Crippen molar-refractivity contribution in [1.82, 2.24) is 20.5 Å². The number of benzene rings is 1. The van der Waals surface area contributed by atoms with E-state index in [9.17, 15) is 18.8 Å². The molecule has 1 spiro atoms. The zero-order chi connectivity index (χ0) is 22.7. The number of carbonyl (C=O) groups is 3. The van der Waals surface area contributed by atoms with Gasteiger partial charge in [-0.05, 0) is 61.4 Å². The fourth-order valence-electron chi connectivity index (χ4n) is 4.01. The number of carbonyl (C=O) groups excluding carboxylic acids is 3.